The van der Waals surface area contributed by atoms with Crippen LogP contribution in [-0.4, -0.2) is 47.2 Å². The van der Waals surface area contributed by atoms with Gasteiger partial charge in [-0.05, 0) is 42.8 Å². The molecule has 2 aromatic rings. The lowest BCUT2D eigenvalue weighted by Crippen LogP contribution is -2.32. The predicted octanol–water partition coefficient (Wildman–Crippen LogP) is 1.97. The van der Waals surface area contributed by atoms with E-state index in [4.69, 9.17) is 0 Å². The average molecular weight is 367 g/mol. The number of rotatable bonds is 8. The van der Waals surface area contributed by atoms with Crippen molar-refractivity contribution < 1.29 is 22.7 Å². The molecule has 1 aromatic heterocycles. The van der Waals surface area contributed by atoms with Gasteiger partial charge in [0.1, 0.15) is 27.5 Å². The van der Waals surface area contributed by atoms with Crippen molar-refractivity contribution in [1.29, 1.82) is 0 Å². The summed E-state index contributed by atoms with van der Waals surface area (Å²) in [6, 6.07) is 7.78. The number of halogens is 1. The van der Waals surface area contributed by atoms with Crippen LogP contribution in [0.15, 0.2) is 36.4 Å². The first-order valence-electron chi connectivity index (χ1n) is 7.60. The second kappa shape index (κ2) is 8.02. The molecule has 0 fully saturated rings. The molecule has 0 aliphatic rings. The number of aliphatic carboxylic acids is 1. The van der Waals surface area contributed by atoms with E-state index in [1.807, 2.05) is 0 Å². The van der Waals surface area contributed by atoms with Crippen molar-refractivity contribution in [2.24, 2.45) is 0 Å². The third-order valence-electron chi connectivity index (χ3n) is 3.58. The monoisotopic (exact) mass is 367 g/mol. The molecule has 1 unspecified atom stereocenters. The highest BCUT2D eigenvalue weighted by molar-refractivity contribution is 7.91. The van der Waals surface area contributed by atoms with Gasteiger partial charge in [-0.1, -0.05) is 6.92 Å². The van der Waals surface area contributed by atoms with Crippen LogP contribution in [0.3, 0.4) is 0 Å². The van der Waals surface area contributed by atoms with Gasteiger partial charge < -0.3 is 10.4 Å². The van der Waals surface area contributed by atoms with Crippen LogP contribution < -0.4 is 5.32 Å². The van der Waals surface area contributed by atoms with E-state index < -0.39 is 21.8 Å². The van der Waals surface area contributed by atoms with E-state index in [1.54, 1.807) is 18.2 Å². The lowest BCUT2D eigenvalue weighted by atomic mass is 10.1. The Labute approximate surface area is 144 Å². The molecule has 0 bridgehead atoms. The van der Waals surface area contributed by atoms with Gasteiger partial charge in [-0.3, -0.25) is 0 Å². The normalized spacial score (nSPS) is 12.6. The topological polar surface area (TPSA) is 109 Å². The van der Waals surface area contributed by atoms with Crippen molar-refractivity contribution in [2.45, 2.75) is 19.4 Å². The lowest BCUT2D eigenvalue weighted by Gasteiger charge is -2.14. The summed E-state index contributed by atoms with van der Waals surface area (Å²) in [5.41, 5.74) is 1.18. The van der Waals surface area contributed by atoms with Gasteiger partial charge in [-0.15, -0.1) is 10.2 Å². The Kier molecular flexibility index (Phi) is 6.02. The fourth-order valence-electron chi connectivity index (χ4n) is 2.06. The van der Waals surface area contributed by atoms with Crippen LogP contribution in [0.2, 0.25) is 0 Å². The van der Waals surface area contributed by atoms with E-state index in [1.165, 1.54) is 25.1 Å². The lowest BCUT2D eigenvalue weighted by molar-refractivity contribution is -0.137. The van der Waals surface area contributed by atoms with Crippen molar-refractivity contribution >= 4 is 21.6 Å². The number of aromatic nitrogens is 2. The molecule has 0 spiro atoms. The Hall–Kier alpha value is -2.55. The van der Waals surface area contributed by atoms with Gasteiger partial charge >= 0.3 is 5.97 Å². The maximum absolute atomic E-state index is 12.9. The highest BCUT2D eigenvalue weighted by atomic mass is 32.2. The predicted molar refractivity (Wildman–Crippen MR) is 91.4 cm³/mol. The van der Waals surface area contributed by atoms with Crippen LogP contribution in [0.4, 0.5) is 10.2 Å². The van der Waals surface area contributed by atoms with E-state index in [2.05, 4.69) is 15.5 Å². The number of sulfone groups is 1. The second-order valence-electron chi connectivity index (χ2n) is 5.37. The molecule has 0 aliphatic carbocycles. The molecule has 134 valence electrons. The molecule has 9 heteroatoms. The summed E-state index contributed by atoms with van der Waals surface area (Å²) in [5, 5.41) is 19.8. The number of nitrogens with zero attached hydrogens (tertiary/aromatic N) is 2. The standard InChI is InChI=1S/C16H18FN3O4S/c1-2-25(23,24)10-9-14(16(21)22)18-15-8-7-13(19-20-15)11-3-5-12(17)6-4-11/h3-8,14H,2,9-10H2,1H3,(H,18,20)(H,21,22). The molecule has 0 amide bonds. The van der Waals surface area contributed by atoms with Crippen molar-refractivity contribution in [1.82, 2.24) is 10.2 Å². The zero-order valence-corrected chi connectivity index (χ0v) is 14.3. The van der Waals surface area contributed by atoms with Crippen molar-refractivity contribution in [3.63, 3.8) is 0 Å². The molecular formula is C16H18FN3O4S. The summed E-state index contributed by atoms with van der Waals surface area (Å²) in [5.74, 6) is -1.58. The number of benzene rings is 1. The molecule has 7 nitrogen and oxygen atoms in total. The molecule has 2 rings (SSSR count). The van der Waals surface area contributed by atoms with E-state index in [-0.39, 0.29) is 29.6 Å². The third-order valence-corrected chi connectivity index (χ3v) is 5.32. The minimum atomic E-state index is -3.26. The first-order chi connectivity index (χ1) is 11.8. The van der Waals surface area contributed by atoms with Crippen molar-refractivity contribution in [2.75, 3.05) is 16.8 Å². The van der Waals surface area contributed by atoms with Crippen molar-refractivity contribution in [3.05, 3.63) is 42.2 Å². The van der Waals surface area contributed by atoms with Gasteiger partial charge in [0.05, 0.1) is 11.4 Å². The van der Waals surface area contributed by atoms with Gasteiger partial charge in [0.2, 0.25) is 0 Å². The number of carboxylic acid groups (broad SMARTS) is 1. The average Bonchev–Trinajstić information content (AvgIpc) is 2.59. The van der Waals surface area contributed by atoms with Crippen LogP contribution in [0, 0.1) is 5.82 Å². The molecule has 2 N–H and O–H groups in total. The summed E-state index contributed by atoms with van der Waals surface area (Å²) >= 11 is 0. The summed E-state index contributed by atoms with van der Waals surface area (Å²) in [4.78, 5) is 11.3. The summed E-state index contributed by atoms with van der Waals surface area (Å²) < 4.78 is 36.0. The quantitative estimate of drug-likeness (QED) is 0.734. The maximum Gasteiger partial charge on any atom is 0.326 e. The van der Waals surface area contributed by atoms with Crippen LogP contribution in [0.25, 0.3) is 11.3 Å². The number of hydrogen-bond acceptors (Lipinski definition) is 6. The molecule has 0 saturated heterocycles. The Balaban J connectivity index is 2.07. The number of nitrogens with one attached hydrogen (secondary N) is 1. The molecule has 0 radical (unpaired) electrons. The fourth-order valence-corrected chi connectivity index (χ4v) is 2.94. The van der Waals surface area contributed by atoms with Crippen LogP contribution in [-0.2, 0) is 14.6 Å². The smallest absolute Gasteiger partial charge is 0.326 e. The Morgan fingerprint density at radius 1 is 1.20 bits per heavy atom. The Bertz CT molecular complexity index is 823. The molecule has 1 aromatic carbocycles. The number of carboxylic acids is 1. The summed E-state index contributed by atoms with van der Waals surface area (Å²) in [7, 11) is -3.26. The third kappa shape index (κ3) is 5.49. The minimum Gasteiger partial charge on any atom is -0.480 e. The molecule has 25 heavy (non-hydrogen) atoms. The van der Waals surface area contributed by atoms with E-state index >= 15 is 0 Å². The molecule has 1 atom stereocenters. The van der Waals surface area contributed by atoms with Crippen LogP contribution in [0.5, 0.6) is 0 Å². The van der Waals surface area contributed by atoms with Crippen LogP contribution in [0.1, 0.15) is 13.3 Å². The van der Waals surface area contributed by atoms with Gasteiger partial charge in [0, 0.05) is 11.3 Å². The molecular weight excluding hydrogens is 349 g/mol. The SMILES string of the molecule is CCS(=O)(=O)CCC(Nc1ccc(-c2ccc(F)cc2)nn1)C(=O)O. The van der Waals surface area contributed by atoms with Gasteiger partial charge in [-0.25, -0.2) is 17.6 Å². The second-order valence-corrected chi connectivity index (χ2v) is 7.84. The largest absolute Gasteiger partial charge is 0.480 e. The summed E-state index contributed by atoms with van der Waals surface area (Å²) in [6.07, 6.45) is -0.0765. The summed E-state index contributed by atoms with van der Waals surface area (Å²) in [6.45, 7) is 1.51. The van der Waals surface area contributed by atoms with E-state index in [9.17, 15) is 22.7 Å². The highest BCUT2D eigenvalue weighted by Gasteiger charge is 2.21. The van der Waals surface area contributed by atoms with E-state index in [0.29, 0.717) is 11.3 Å². The number of hydrogen-bond donors (Lipinski definition) is 2. The minimum absolute atomic E-state index is 0.0362. The highest BCUT2D eigenvalue weighted by Crippen LogP contribution is 2.18. The molecule has 1 heterocycles. The van der Waals surface area contributed by atoms with Crippen molar-refractivity contribution in [3.8, 4) is 11.3 Å². The zero-order valence-electron chi connectivity index (χ0n) is 13.5. The molecule has 0 saturated carbocycles. The van der Waals surface area contributed by atoms with Gasteiger partial charge in [0.15, 0.2) is 0 Å². The zero-order chi connectivity index (χ0) is 18.4. The molecule has 0 aliphatic heterocycles. The fraction of sp³-hybridized carbons (Fsp3) is 0.312. The Morgan fingerprint density at radius 2 is 1.88 bits per heavy atom. The van der Waals surface area contributed by atoms with Gasteiger partial charge in [-0.2, -0.15) is 0 Å². The number of carbonyl (C=O) groups is 1. The maximum atomic E-state index is 12.9. The number of anilines is 1. The Morgan fingerprint density at radius 3 is 2.40 bits per heavy atom. The van der Waals surface area contributed by atoms with Gasteiger partial charge in [0.25, 0.3) is 0 Å². The van der Waals surface area contributed by atoms with Crippen LogP contribution >= 0.6 is 0 Å². The first kappa shape index (κ1) is 18.8. The first-order valence-corrected chi connectivity index (χ1v) is 9.42. The van der Waals surface area contributed by atoms with E-state index in [0.717, 1.165) is 0 Å².